The zero-order chi connectivity index (χ0) is 19.2. The van der Waals surface area contributed by atoms with Crippen LogP contribution in [0.2, 0.25) is 0 Å². The van der Waals surface area contributed by atoms with Crippen molar-refractivity contribution in [2.75, 3.05) is 19.0 Å². The molecule has 6 heteroatoms. The van der Waals surface area contributed by atoms with Gasteiger partial charge in [0, 0.05) is 29.4 Å². The molecule has 1 amide bonds. The average molecular weight is 362 g/mol. The van der Waals surface area contributed by atoms with E-state index in [-0.39, 0.29) is 0 Å². The Labute approximate surface area is 158 Å². The molecule has 138 valence electrons. The summed E-state index contributed by atoms with van der Waals surface area (Å²) >= 11 is 0. The molecule has 0 bridgehead atoms. The van der Waals surface area contributed by atoms with Gasteiger partial charge < -0.3 is 15.8 Å². The topological polar surface area (TPSA) is 90.1 Å². The zero-order valence-corrected chi connectivity index (χ0v) is 15.4. The molecule has 0 spiro atoms. The first-order valence-corrected chi connectivity index (χ1v) is 8.68. The first kappa shape index (κ1) is 18.4. The van der Waals surface area contributed by atoms with Crippen molar-refractivity contribution in [2.45, 2.75) is 13.3 Å². The van der Waals surface area contributed by atoms with E-state index in [1.165, 1.54) is 5.56 Å². The van der Waals surface area contributed by atoms with Gasteiger partial charge in [-0.05, 0) is 43.2 Å². The van der Waals surface area contributed by atoms with Gasteiger partial charge in [-0.3, -0.25) is 4.79 Å². The Balaban J connectivity index is 1.68. The molecule has 0 atom stereocenters. The minimum Gasteiger partial charge on any atom is -0.497 e. The summed E-state index contributed by atoms with van der Waals surface area (Å²) in [7, 11) is 1.66. The number of primary amides is 1. The third kappa shape index (κ3) is 4.82. The number of carbonyl (C=O) groups excluding carboxylic acids is 1. The maximum atomic E-state index is 11.2. The van der Waals surface area contributed by atoms with Crippen molar-refractivity contribution in [1.82, 2.24) is 9.97 Å². The monoisotopic (exact) mass is 362 g/mol. The molecule has 0 fully saturated rings. The van der Waals surface area contributed by atoms with Crippen LogP contribution in [0.4, 0.5) is 5.82 Å². The van der Waals surface area contributed by atoms with Crippen molar-refractivity contribution >= 4 is 11.7 Å². The van der Waals surface area contributed by atoms with Crippen LogP contribution in [0.25, 0.3) is 11.4 Å². The van der Waals surface area contributed by atoms with Crippen molar-refractivity contribution in [3.8, 4) is 17.1 Å². The molecule has 3 rings (SSSR count). The summed E-state index contributed by atoms with van der Waals surface area (Å²) in [4.78, 5) is 20.3. The van der Waals surface area contributed by atoms with Crippen molar-refractivity contribution in [1.29, 1.82) is 0 Å². The summed E-state index contributed by atoms with van der Waals surface area (Å²) in [5, 5.41) is 3.35. The molecule has 0 saturated heterocycles. The third-order valence-corrected chi connectivity index (χ3v) is 4.16. The number of nitrogens with one attached hydrogen (secondary N) is 1. The Kier molecular flexibility index (Phi) is 5.66. The molecule has 0 radical (unpaired) electrons. The Morgan fingerprint density at radius 2 is 1.78 bits per heavy atom. The van der Waals surface area contributed by atoms with Gasteiger partial charge in [-0.25, -0.2) is 9.97 Å². The Hall–Kier alpha value is -3.41. The van der Waals surface area contributed by atoms with E-state index in [1.807, 2.05) is 25.1 Å². The second-order valence-corrected chi connectivity index (χ2v) is 6.18. The molecule has 1 aromatic heterocycles. The van der Waals surface area contributed by atoms with Gasteiger partial charge >= 0.3 is 0 Å². The highest BCUT2D eigenvalue weighted by molar-refractivity contribution is 5.93. The smallest absolute Gasteiger partial charge is 0.248 e. The van der Waals surface area contributed by atoms with Crippen molar-refractivity contribution < 1.29 is 9.53 Å². The van der Waals surface area contributed by atoms with Gasteiger partial charge in [-0.15, -0.1) is 0 Å². The number of anilines is 1. The number of benzene rings is 2. The second-order valence-electron chi connectivity index (χ2n) is 6.18. The standard InChI is InChI=1S/C21H22N4O2/c1-14-13-19(23-12-11-15-3-9-18(27-2)10-4-15)25-21(24-14)17-7-5-16(6-8-17)20(22)26/h3-10,13H,11-12H2,1-2H3,(H2,22,26)(H,23,24,25). The van der Waals surface area contributed by atoms with Crippen LogP contribution >= 0.6 is 0 Å². The molecule has 0 unspecified atom stereocenters. The van der Waals surface area contributed by atoms with E-state index in [0.717, 1.165) is 35.8 Å². The van der Waals surface area contributed by atoms with Crippen molar-refractivity contribution in [2.24, 2.45) is 5.73 Å². The number of methoxy groups -OCH3 is 1. The van der Waals surface area contributed by atoms with Crippen molar-refractivity contribution in [3.63, 3.8) is 0 Å². The van der Waals surface area contributed by atoms with E-state index < -0.39 is 5.91 Å². The number of hydrogen-bond donors (Lipinski definition) is 2. The minimum absolute atomic E-state index is 0.451. The molecule has 0 saturated carbocycles. The van der Waals surface area contributed by atoms with Gasteiger partial charge in [0.05, 0.1) is 7.11 Å². The predicted octanol–water partition coefficient (Wildman–Crippen LogP) is 3.21. The SMILES string of the molecule is COc1ccc(CCNc2cc(C)nc(-c3ccc(C(N)=O)cc3)n2)cc1. The zero-order valence-electron chi connectivity index (χ0n) is 15.4. The molecule has 0 aliphatic carbocycles. The van der Waals surface area contributed by atoms with E-state index in [4.69, 9.17) is 10.5 Å². The highest BCUT2D eigenvalue weighted by Gasteiger charge is 2.07. The van der Waals surface area contributed by atoms with Crippen LogP contribution in [-0.2, 0) is 6.42 Å². The van der Waals surface area contributed by atoms with E-state index in [0.29, 0.717) is 11.4 Å². The fourth-order valence-electron chi connectivity index (χ4n) is 2.70. The third-order valence-electron chi connectivity index (χ3n) is 4.16. The van der Waals surface area contributed by atoms with E-state index in [2.05, 4.69) is 27.4 Å². The number of aryl methyl sites for hydroxylation is 1. The maximum absolute atomic E-state index is 11.2. The number of nitrogens with two attached hydrogens (primary N) is 1. The molecule has 6 nitrogen and oxygen atoms in total. The quantitative estimate of drug-likeness (QED) is 0.673. The lowest BCUT2D eigenvalue weighted by molar-refractivity contribution is 0.100. The molecule has 0 aliphatic rings. The lowest BCUT2D eigenvalue weighted by Gasteiger charge is -2.09. The molecule has 0 aliphatic heterocycles. The number of rotatable bonds is 7. The van der Waals surface area contributed by atoms with Gasteiger partial charge in [-0.2, -0.15) is 0 Å². The van der Waals surface area contributed by atoms with Crippen LogP contribution in [0.3, 0.4) is 0 Å². The summed E-state index contributed by atoms with van der Waals surface area (Å²) in [6.45, 7) is 2.68. The van der Waals surface area contributed by atoms with Crippen LogP contribution in [0.1, 0.15) is 21.6 Å². The van der Waals surface area contributed by atoms with Gasteiger partial charge in [0.1, 0.15) is 11.6 Å². The van der Waals surface area contributed by atoms with Crippen LogP contribution < -0.4 is 15.8 Å². The largest absolute Gasteiger partial charge is 0.497 e. The Morgan fingerprint density at radius 1 is 1.07 bits per heavy atom. The molecule has 27 heavy (non-hydrogen) atoms. The molecule has 3 N–H and O–H groups in total. The molecule has 2 aromatic carbocycles. The van der Waals surface area contributed by atoms with E-state index >= 15 is 0 Å². The number of amides is 1. The van der Waals surface area contributed by atoms with Gasteiger partial charge in [0.2, 0.25) is 5.91 Å². The summed E-state index contributed by atoms with van der Waals surface area (Å²) in [5.74, 6) is 1.78. The molecular formula is C21H22N4O2. The van der Waals surface area contributed by atoms with Gasteiger partial charge in [-0.1, -0.05) is 24.3 Å². The first-order valence-electron chi connectivity index (χ1n) is 8.68. The predicted molar refractivity (Wildman–Crippen MR) is 106 cm³/mol. The number of ether oxygens (including phenoxy) is 1. The lowest BCUT2D eigenvalue weighted by Crippen LogP contribution is -2.10. The normalized spacial score (nSPS) is 10.4. The molecular weight excluding hydrogens is 340 g/mol. The Bertz CT molecular complexity index is 922. The second kappa shape index (κ2) is 8.31. The van der Waals surface area contributed by atoms with Gasteiger partial charge in [0.15, 0.2) is 5.82 Å². The summed E-state index contributed by atoms with van der Waals surface area (Å²) in [6, 6.07) is 16.9. The highest BCUT2D eigenvalue weighted by atomic mass is 16.5. The average Bonchev–Trinajstić information content (AvgIpc) is 2.68. The Morgan fingerprint density at radius 3 is 2.41 bits per heavy atom. The minimum atomic E-state index is -0.451. The van der Waals surface area contributed by atoms with Crippen LogP contribution in [0.5, 0.6) is 5.75 Å². The maximum Gasteiger partial charge on any atom is 0.248 e. The fraction of sp³-hybridized carbons (Fsp3) is 0.190. The van der Waals surface area contributed by atoms with Crippen LogP contribution in [0, 0.1) is 6.92 Å². The van der Waals surface area contributed by atoms with Crippen LogP contribution in [-0.4, -0.2) is 29.5 Å². The number of nitrogens with zero attached hydrogens (tertiary/aromatic N) is 2. The molecule has 1 heterocycles. The lowest BCUT2D eigenvalue weighted by atomic mass is 10.1. The number of hydrogen-bond acceptors (Lipinski definition) is 5. The summed E-state index contributed by atoms with van der Waals surface area (Å²) < 4.78 is 5.17. The van der Waals surface area contributed by atoms with E-state index in [1.54, 1.807) is 31.4 Å². The summed E-state index contributed by atoms with van der Waals surface area (Å²) in [6.07, 6.45) is 0.871. The van der Waals surface area contributed by atoms with Crippen molar-refractivity contribution in [3.05, 3.63) is 71.4 Å². The van der Waals surface area contributed by atoms with Gasteiger partial charge in [0.25, 0.3) is 0 Å². The molecule has 3 aromatic rings. The first-order chi connectivity index (χ1) is 13.0. The fourth-order valence-corrected chi connectivity index (χ4v) is 2.70. The van der Waals surface area contributed by atoms with E-state index in [9.17, 15) is 4.79 Å². The highest BCUT2D eigenvalue weighted by Crippen LogP contribution is 2.19. The summed E-state index contributed by atoms with van der Waals surface area (Å²) in [5.41, 5.74) is 8.67. The number of carbonyl (C=O) groups is 1. The van der Waals surface area contributed by atoms with Crippen LogP contribution in [0.15, 0.2) is 54.6 Å². The number of aromatic nitrogens is 2.